The number of aliphatic hydroxyl groups is 1. The smallest absolute Gasteiger partial charge is 0.120 e. The second kappa shape index (κ2) is 5.58. The summed E-state index contributed by atoms with van der Waals surface area (Å²) in [5.41, 5.74) is 3.66. The summed E-state index contributed by atoms with van der Waals surface area (Å²) in [6.07, 6.45) is 1.42. The second-order valence-electron chi connectivity index (χ2n) is 5.27. The Bertz CT molecular complexity index is 599. The monoisotopic (exact) mass is 332 g/mol. The van der Waals surface area contributed by atoms with Crippen LogP contribution in [0.3, 0.4) is 0 Å². The molecule has 0 saturated carbocycles. The number of hydrogen-bond donors (Lipinski definition) is 1. The molecule has 3 heteroatoms. The fourth-order valence-electron chi connectivity index (χ4n) is 2.94. The molecule has 1 aliphatic rings. The van der Waals surface area contributed by atoms with E-state index in [0.29, 0.717) is 0 Å². The number of rotatable bonds is 3. The number of methoxy groups -OCH3 is 1. The Morgan fingerprint density at radius 1 is 1.15 bits per heavy atom. The van der Waals surface area contributed by atoms with Gasteiger partial charge in [0.2, 0.25) is 0 Å². The third kappa shape index (κ3) is 2.48. The Labute approximate surface area is 127 Å². The average molecular weight is 333 g/mol. The maximum absolute atomic E-state index is 10.7. The van der Waals surface area contributed by atoms with Crippen LogP contribution in [0.25, 0.3) is 0 Å². The van der Waals surface area contributed by atoms with Crippen molar-refractivity contribution in [3.8, 4) is 5.75 Å². The van der Waals surface area contributed by atoms with E-state index < -0.39 is 6.10 Å². The van der Waals surface area contributed by atoms with Crippen LogP contribution in [0.2, 0.25) is 0 Å². The molecular weight excluding hydrogens is 316 g/mol. The molecule has 0 heterocycles. The summed E-state index contributed by atoms with van der Waals surface area (Å²) in [5, 5.41) is 10.7. The molecule has 0 saturated heterocycles. The largest absolute Gasteiger partial charge is 0.497 e. The van der Waals surface area contributed by atoms with E-state index in [-0.39, 0.29) is 5.92 Å². The van der Waals surface area contributed by atoms with Gasteiger partial charge in [-0.3, -0.25) is 0 Å². The van der Waals surface area contributed by atoms with E-state index >= 15 is 0 Å². The predicted octanol–water partition coefficient (Wildman–Crippen LogP) is 3.91. The second-order valence-corrected chi connectivity index (χ2v) is 6.12. The van der Waals surface area contributed by atoms with Crippen LogP contribution in [0.1, 0.15) is 22.8 Å². The number of halogens is 1. The summed E-state index contributed by atoms with van der Waals surface area (Å²) < 4.78 is 6.10. The molecule has 1 N–H and O–H groups in total. The summed E-state index contributed by atoms with van der Waals surface area (Å²) in [7, 11) is 1.64. The Hall–Kier alpha value is -1.32. The molecule has 104 valence electrons. The minimum Gasteiger partial charge on any atom is -0.497 e. The van der Waals surface area contributed by atoms with Crippen molar-refractivity contribution in [2.75, 3.05) is 7.11 Å². The fraction of sp³-hybridized carbons (Fsp3) is 0.294. The van der Waals surface area contributed by atoms with Crippen LogP contribution in [0, 0.1) is 5.92 Å². The van der Waals surface area contributed by atoms with Crippen LogP contribution < -0.4 is 4.74 Å². The highest BCUT2D eigenvalue weighted by molar-refractivity contribution is 9.10. The van der Waals surface area contributed by atoms with Gasteiger partial charge in [0.25, 0.3) is 0 Å². The molecule has 0 aliphatic heterocycles. The lowest BCUT2D eigenvalue weighted by Gasteiger charge is -2.19. The zero-order valence-corrected chi connectivity index (χ0v) is 12.9. The van der Waals surface area contributed by atoms with Crippen LogP contribution in [0.5, 0.6) is 5.75 Å². The van der Waals surface area contributed by atoms with E-state index in [1.165, 1.54) is 11.1 Å². The third-order valence-corrected chi connectivity index (χ3v) is 4.74. The van der Waals surface area contributed by atoms with Gasteiger partial charge in [0.15, 0.2) is 0 Å². The molecule has 0 fully saturated rings. The molecule has 1 unspecified atom stereocenters. The van der Waals surface area contributed by atoms with E-state index in [0.717, 1.165) is 28.6 Å². The summed E-state index contributed by atoms with van der Waals surface area (Å²) >= 11 is 3.53. The lowest BCUT2D eigenvalue weighted by molar-refractivity contribution is 0.112. The minimum absolute atomic E-state index is 0.247. The Balaban J connectivity index is 1.82. The minimum atomic E-state index is -0.456. The third-order valence-electron chi connectivity index (χ3n) is 4.06. The lowest BCUT2D eigenvalue weighted by atomic mass is 9.93. The van der Waals surface area contributed by atoms with Gasteiger partial charge in [0, 0.05) is 4.47 Å². The van der Waals surface area contributed by atoms with Crippen LogP contribution >= 0.6 is 15.9 Å². The zero-order chi connectivity index (χ0) is 14.1. The zero-order valence-electron chi connectivity index (χ0n) is 11.3. The Morgan fingerprint density at radius 3 is 2.35 bits per heavy atom. The molecule has 0 spiro atoms. The predicted molar refractivity (Wildman–Crippen MR) is 83.0 cm³/mol. The average Bonchev–Trinajstić information content (AvgIpc) is 2.90. The van der Waals surface area contributed by atoms with Gasteiger partial charge in [0.05, 0.1) is 13.2 Å². The van der Waals surface area contributed by atoms with Crippen molar-refractivity contribution in [3.63, 3.8) is 0 Å². The highest BCUT2D eigenvalue weighted by Crippen LogP contribution is 2.38. The van der Waals surface area contributed by atoms with Crippen molar-refractivity contribution in [1.82, 2.24) is 0 Å². The maximum atomic E-state index is 10.7. The van der Waals surface area contributed by atoms with Crippen molar-refractivity contribution < 1.29 is 9.84 Å². The Morgan fingerprint density at radius 2 is 1.80 bits per heavy atom. The topological polar surface area (TPSA) is 29.5 Å². The normalized spacial score (nSPS) is 15.9. The highest BCUT2D eigenvalue weighted by atomic mass is 79.9. The van der Waals surface area contributed by atoms with Gasteiger partial charge in [-0.2, -0.15) is 0 Å². The number of hydrogen-bond acceptors (Lipinski definition) is 2. The van der Waals surface area contributed by atoms with E-state index in [9.17, 15) is 5.11 Å². The van der Waals surface area contributed by atoms with Gasteiger partial charge in [-0.05, 0) is 47.6 Å². The van der Waals surface area contributed by atoms with Crippen LogP contribution in [0.4, 0.5) is 0 Å². The fourth-order valence-corrected chi connectivity index (χ4v) is 3.54. The molecule has 2 nitrogen and oxygen atoms in total. The first-order valence-electron chi connectivity index (χ1n) is 6.77. The summed E-state index contributed by atoms with van der Waals surface area (Å²) in [5.74, 6) is 1.04. The van der Waals surface area contributed by atoms with Crippen LogP contribution in [-0.2, 0) is 12.8 Å². The first-order valence-corrected chi connectivity index (χ1v) is 7.56. The van der Waals surface area contributed by atoms with Crippen LogP contribution in [-0.4, -0.2) is 12.2 Å². The molecule has 0 radical (unpaired) electrons. The first kappa shape index (κ1) is 13.7. The number of ether oxygens (including phenoxy) is 1. The van der Waals surface area contributed by atoms with E-state index in [2.05, 4.69) is 40.2 Å². The molecule has 0 amide bonds. The Kier molecular flexibility index (Phi) is 3.81. The highest BCUT2D eigenvalue weighted by Gasteiger charge is 2.29. The first-order chi connectivity index (χ1) is 9.69. The van der Waals surface area contributed by atoms with E-state index in [1.807, 2.05) is 18.2 Å². The van der Waals surface area contributed by atoms with Gasteiger partial charge in [0.1, 0.15) is 5.75 Å². The van der Waals surface area contributed by atoms with Crippen molar-refractivity contribution in [2.45, 2.75) is 18.9 Å². The standard InChI is InChI=1S/C17H17BrO2/c1-20-14-6-7-15(16(18)10-14)17(19)13-8-11-4-2-3-5-12(11)9-13/h2-7,10,13,17,19H,8-9H2,1H3. The van der Waals surface area contributed by atoms with Crippen molar-refractivity contribution in [1.29, 1.82) is 0 Å². The number of benzene rings is 2. The molecule has 20 heavy (non-hydrogen) atoms. The van der Waals surface area contributed by atoms with Gasteiger partial charge < -0.3 is 9.84 Å². The van der Waals surface area contributed by atoms with Crippen molar-refractivity contribution >= 4 is 15.9 Å². The summed E-state index contributed by atoms with van der Waals surface area (Å²) in [6.45, 7) is 0. The van der Waals surface area contributed by atoms with Gasteiger partial charge >= 0.3 is 0 Å². The number of fused-ring (bicyclic) bond motifs is 1. The lowest BCUT2D eigenvalue weighted by Crippen LogP contribution is -2.13. The quantitative estimate of drug-likeness (QED) is 0.923. The SMILES string of the molecule is COc1ccc(C(O)C2Cc3ccccc3C2)c(Br)c1. The van der Waals surface area contributed by atoms with Crippen molar-refractivity contribution in [2.24, 2.45) is 5.92 Å². The van der Waals surface area contributed by atoms with E-state index in [1.54, 1.807) is 7.11 Å². The van der Waals surface area contributed by atoms with E-state index in [4.69, 9.17) is 4.74 Å². The molecule has 2 aromatic rings. The molecule has 1 aliphatic carbocycles. The molecule has 0 bridgehead atoms. The molecule has 0 aromatic heterocycles. The van der Waals surface area contributed by atoms with Crippen LogP contribution in [0.15, 0.2) is 46.9 Å². The van der Waals surface area contributed by atoms with Gasteiger partial charge in [-0.25, -0.2) is 0 Å². The summed E-state index contributed by atoms with van der Waals surface area (Å²) in [6, 6.07) is 14.2. The molecule has 1 atom stereocenters. The maximum Gasteiger partial charge on any atom is 0.120 e. The molecular formula is C17H17BrO2. The van der Waals surface area contributed by atoms with Crippen molar-refractivity contribution in [3.05, 3.63) is 63.6 Å². The number of aliphatic hydroxyl groups excluding tert-OH is 1. The van der Waals surface area contributed by atoms with Gasteiger partial charge in [-0.15, -0.1) is 0 Å². The molecule has 3 rings (SSSR count). The molecule has 2 aromatic carbocycles. The summed E-state index contributed by atoms with van der Waals surface area (Å²) in [4.78, 5) is 0. The van der Waals surface area contributed by atoms with Gasteiger partial charge in [-0.1, -0.05) is 46.3 Å².